The van der Waals surface area contributed by atoms with Gasteiger partial charge in [0.15, 0.2) is 12.6 Å². The minimum absolute atomic E-state index is 0.0985. The predicted molar refractivity (Wildman–Crippen MR) is 87.9 cm³/mol. The summed E-state index contributed by atoms with van der Waals surface area (Å²) in [5, 5.41) is 8.89. The monoisotopic (exact) mass is 354 g/mol. The summed E-state index contributed by atoms with van der Waals surface area (Å²) in [7, 11) is 3.20. The summed E-state index contributed by atoms with van der Waals surface area (Å²) >= 11 is 0. The minimum atomic E-state index is -0.522. The fourth-order valence-electron chi connectivity index (χ4n) is 3.22. The van der Waals surface area contributed by atoms with E-state index in [1.165, 1.54) is 0 Å². The van der Waals surface area contributed by atoms with Crippen molar-refractivity contribution in [1.29, 1.82) is 0 Å². The lowest BCUT2D eigenvalue weighted by molar-refractivity contribution is -0.293. The van der Waals surface area contributed by atoms with Crippen molar-refractivity contribution in [3.63, 3.8) is 0 Å². The number of benzene rings is 1. The average molecular weight is 354 g/mol. The SMILES string of the molecule is COC1C2OC(c3ccccc3)OC(COCCCO)[C@H]2O[C@@H]1OC. The quantitative estimate of drug-likeness (QED) is 0.704. The molecule has 7 nitrogen and oxygen atoms in total. The van der Waals surface area contributed by atoms with Crippen molar-refractivity contribution in [3.05, 3.63) is 35.9 Å². The molecule has 4 unspecified atom stereocenters. The van der Waals surface area contributed by atoms with Gasteiger partial charge in [0.05, 0.1) is 6.61 Å². The largest absolute Gasteiger partial charge is 0.396 e. The lowest BCUT2D eigenvalue weighted by Gasteiger charge is -2.38. The van der Waals surface area contributed by atoms with Gasteiger partial charge in [0.25, 0.3) is 0 Å². The van der Waals surface area contributed by atoms with Crippen molar-refractivity contribution < 1.29 is 33.5 Å². The first-order valence-electron chi connectivity index (χ1n) is 8.54. The molecule has 1 N–H and O–H groups in total. The standard InChI is InChI=1S/C18H26O7/c1-20-16-15-14(24-18(16)21-2)13(11-22-10-6-9-19)23-17(25-15)12-7-4-3-5-8-12/h3-5,7-8,13-19H,6,9-11H2,1-2H3/t13?,14-,15?,16?,17?,18+/m1/s1. The predicted octanol–water partition coefficient (Wildman–Crippen LogP) is 1.25. The summed E-state index contributed by atoms with van der Waals surface area (Å²) in [6, 6.07) is 9.75. The molecule has 25 heavy (non-hydrogen) atoms. The summed E-state index contributed by atoms with van der Waals surface area (Å²) in [5.41, 5.74) is 0.928. The average Bonchev–Trinajstić information content (AvgIpc) is 3.03. The van der Waals surface area contributed by atoms with Crippen molar-refractivity contribution in [3.8, 4) is 0 Å². The molecule has 2 aliphatic rings. The molecule has 0 aromatic heterocycles. The molecule has 7 heteroatoms. The Morgan fingerprint density at radius 3 is 2.48 bits per heavy atom. The first-order chi connectivity index (χ1) is 12.3. The smallest absolute Gasteiger partial charge is 0.186 e. The van der Waals surface area contributed by atoms with Gasteiger partial charge in [-0.3, -0.25) is 0 Å². The highest BCUT2D eigenvalue weighted by molar-refractivity contribution is 5.17. The van der Waals surface area contributed by atoms with Gasteiger partial charge in [-0.1, -0.05) is 30.3 Å². The summed E-state index contributed by atoms with van der Waals surface area (Å²) in [5.74, 6) is 0. The van der Waals surface area contributed by atoms with Crippen LogP contribution in [0.15, 0.2) is 30.3 Å². The van der Waals surface area contributed by atoms with E-state index in [1.54, 1.807) is 14.2 Å². The van der Waals surface area contributed by atoms with Crippen LogP contribution in [0, 0.1) is 0 Å². The second kappa shape index (κ2) is 9.05. The van der Waals surface area contributed by atoms with E-state index in [2.05, 4.69) is 0 Å². The van der Waals surface area contributed by atoms with Crippen molar-refractivity contribution in [1.82, 2.24) is 0 Å². The van der Waals surface area contributed by atoms with Crippen LogP contribution in [-0.2, 0) is 28.4 Å². The molecule has 140 valence electrons. The lowest BCUT2D eigenvalue weighted by Crippen LogP contribution is -2.50. The highest BCUT2D eigenvalue weighted by atomic mass is 16.8. The number of hydrogen-bond acceptors (Lipinski definition) is 7. The number of methoxy groups -OCH3 is 2. The molecule has 2 saturated heterocycles. The number of aliphatic hydroxyl groups excluding tert-OH is 1. The van der Waals surface area contributed by atoms with E-state index in [0.717, 1.165) is 5.56 Å². The van der Waals surface area contributed by atoms with E-state index in [0.29, 0.717) is 19.6 Å². The summed E-state index contributed by atoms with van der Waals surface area (Å²) < 4.78 is 34.8. The Hall–Kier alpha value is -1.06. The van der Waals surface area contributed by atoms with E-state index in [-0.39, 0.29) is 31.0 Å². The Morgan fingerprint density at radius 1 is 1.00 bits per heavy atom. The molecular weight excluding hydrogens is 328 g/mol. The molecule has 0 spiro atoms. The van der Waals surface area contributed by atoms with Gasteiger partial charge in [-0.15, -0.1) is 0 Å². The van der Waals surface area contributed by atoms with E-state index >= 15 is 0 Å². The maximum Gasteiger partial charge on any atom is 0.186 e. The Labute approximate surface area is 147 Å². The molecule has 1 aromatic carbocycles. The third kappa shape index (κ3) is 4.20. The third-order valence-electron chi connectivity index (χ3n) is 4.46. The molecule has 0 bridgehead atoms. The van der Waals surface area contributed by atoms with Crippen molar-refractivity contribution in [2.24, 2.45) is 0 Å². The lowest BCUT2D eigenvalue weighted by atomic mass is 10.0. The van der Waals surface area contributed by atoms with Gasteiger partial charge in [-0.05, 0) is 6.42 Å². The normalized spacial score (nSPS) is 34.8. The van der Waals surface area contributed by atoms with Gasteiger partial charge in [0.2, 0.25) is 0 Å². The Balaban J connectivity index is 1.75. The van der Waals surface area contributed by atoms with Crippen molar-refractivity contribution in [2.75, 3.05) is 34.0 Å². The highest BCUT2D eigenvalue weighted by Crippen LogP contribution is 2.39. The molecule has 3 rings (SSSR count). The van der Waals surface area contributed by atoms with Crippen LogP contribution in [0.3, 0.4) is 0 Å². The first kappa shape index (κ1) is 18.7. The van der Waals surface area contributed by atoms with Crippen LogP contribution in [0.4, 0.5) is 0 Å². The molecular formula is C18H26O7. The van der Waals surface area contributed by atoms with Crippen LogP contribution in [-0.4, -0.2) is 69.9 Å². The van der Waals surface area contributed by atoms with Gasteiger partial charge in [0, 0.05) is 33.0 Å². The first-order valence-corrected chi connectivity index (χ1v) is 8.54. The zero-order valence-electron chi connectivity index (χ0n) is 14.6. The van der Waals surface area contributed by atoms with Gasteiger partial charge < -0.3 is 33.5 Å². The van der Waals surface area contributed by atoms with Crippen LogP contribution >= 0.6 is 0 Å². The number of fused-ring (bicyclic) bond motifs is 1. The van der Waals surface area contributed by atoms with E-state index < -0.39 is 12.6 Å². The maximum atomic E-state index is 8.89. The van der Waals surface area contributed by atoms with E-state index in [9.17, 15) is 0 Å². The number of rotatable bonds is 8. The Bertz CT molecular complexity index is 511. The van der Waals surface area contributed by atoms with Crippen LogP contribution in [0.5, 0.6) is 0 Å². The number of ether oxygens (including phenoxy) is 6. The summed E-state index contributed by atoms with van der Waals surface area (Å²) in [4.78, 5) is 0. The zero-order valence-corrected chi connectivity index (χ0v) is 14.6. The number of hydrogen-bond donors (Lipinski definition) is 1. The van der Waals surface area contributed by atoms with Crippen LogP contribution in [0.1, 0.15) is 18.3 Å². The fourth-order valence-corrected chi connectivity index (χ4v) is 3.22. The second-order valence-corrected chi connectivity index (χ2v) is 6.08. The highest BCUT2D eigenvalue weighted by Gasteiger charge is 2.54. The molecule has 0 saturated carbocycles. The molecule has 2 heterocycles. The van der Waals surface area contributed by atoms with Crippen LogP contribution in [0.2, 0.25) is 0 Å². The molecule has 1 aromatic rings. The van der Waals surface area contributed by atoms with E-state index in [4.69, 9.17) is 33.5 Å². The Kier molecular flexibility index (Phi) is 6.77. The molecule has 2 aliphatic heterocycles. The van der Waals surface area contributed by atoms with Crippen LogP contribution in [0.25, 0.3) is 0 Å². The molecule has 2 fully saturated rings. The Morgan fingerprint density at radius 2 is 1.80 bits per heavy atom. The molecule has 0 amide bonds. The van der Waals surface area contributed by atoms with Gasteiger partial charge in [-0.25, -0.2) is 0 Å². The zero-order chi connectivity index (χ0) is 17.6. The molecule has 6 atom stereocenters. The topological polar surface area (TPSA) is 75.6 Å². The minimum Gasteiger partial charge on any atom is -0.396 e. The van der Waals surface area contributed by atoms with Crippen molar-refractivity contribution >= 4 is 0 Å². The van der Waals surface area contributed by atoms with Gasteiger partial charge in [0.1, 0.15) is 24.4 Å². The number of aliphatic hydroxyl groups is 1. The second-order valence-electron chi connectivity index (χ2n) is 6.08. The third-order valence-corrected chi connectivity index (χ3v) is 4.46. The van der Waals surface area contributed by atoms with Gasteiger partial charge in [-0.2, -0.15) is 0 Å². The summed E-state index contributed by atoms with van der Waals surface area (Å²) in [6.45, 7) is 0.911. The maximum absolute atomic E-state index is 8.89. The van der Waals surface area contributed by atoms with E-state index in [1.807, 2.05) is 30.3 Å². The summed E-state index contributed by atoms with van der Waals surface area (Å²) in [6.07, 6.45) is -1.78. The fraction of sp³-hybridized carbons (Fsp3) is 0.667. The molecule has 0 radical (unpaired) electrons. The molecule has 0 aliphatic carbocycles. The van der Waals surface area contributed by atoms with Crippen LogP contribution < -0.4 is 0 Å². The van der Waals surface area contributed by atoms with Crippen molar-refractivity contribution in [2.45, 2.75) is 43.4 Å². The van der Waals surface area contributed by atoms with Gasteiger partial charge >= 0.3 is 0 Å².